The van der Waals surface area contributed by atoms with E-state index in [0.29, 0.717) is 0 Å². The first-order valence-electron chi connectivity index (χ1n) is 8.51. The van der Waals surface area contributed by atoms with Gasteiger partial charge in [0, 0.05) is 17.8 Å². The number of anilines is 1. The highest BCUT2D eigenvalue weighted by Gasteiger charge is 2.19. The van der Waals surface area contributed by atoms with E-state index in [1.165, 1.54) is 30.3 Å². The second kappa shape index (κ2) is 9.65. The van der Waals surface area contributed by atoms with Crippen molar-refractivity contribution in [1.82, 2.24) is 0 Å². The van der Waals surface area contributed by atoms with Crippen molar-refractivity contribution in [3.63, 3.8) is 0 Å². The molecular formula is C19H17ClN2O7. The number of ether oxygens (including phenoxy) is 2. The quantitative estimate of drug-likeness (QED) is 0.409. The molecule has 2 aromatic rings. The predicted octanol–water partition coefficient (Wildman–Crippen LogP) is 3.85. The molecule has 2 rings (SSSR count). The number of nitrogens with one attached hydrogen (secondary N) is 1. The lowest BCUT2D eigenvalue weighted by Gasteiger charge is -2.11. The second-order valence-electron chi connectivity index (χ2n) is 5.62. The van der Waals surface area contributed by atoms with Gasteiger partial charge in [0.2, 0.25) is 0 Å². The molecule has 29 heavy (non-hydrogen) atoms. The number of carbonyl (C=O) groups excluding carboxylic acids is 3. The van der Waals surface area contributed by atoms with Crippen LogP contribution in [0.1, 0.15) is 44.9 Å². The molecule has 9 nitrogen and oxygen atoms in total. The number of non-ortho nitro benzene ring substituents is 1. The van der Waals surface area contributed by atoms with Crippen LogP contribution in [0, 0.1) is 10.1 Å². The Bertz CT molecular complexity index is 939. The molecule has 0 saturated carbocycles. The van der Waals surface area contributed by atoms with Crippen LogP contribution in [0.15, 0.2) is 36.4 Å². The van der Waals surface area contributed by atoms with Gasteiger partial charge in [0.1, 0.15) is 0 Å². The Morgan fingerprint density at radius 1 is 1.00 bits per heavy atom. The van der Waals surface area contributed by atoms with E-state index >= 15 is 0 Å². The highest BCUT2D eigenvalue weighted by Crippen LogP contribution is 2.24. The zero-order chi connectivity index (χ0) is 21.6. The predicted molar refractivity (Wildman–Crippen MR) is 104 cm³/mol. The van der Waals surface area contributed by atoms with Crippen molar-refractivity contribution in [3.05, 3.63) is 68.2 Å². The third kappa shape index (κ3) is 5.52. The summed E-state index contributed by atoms with van der Waals surface area (Å²) in [5, 5.41) is 13.4. The maximum Gasteiger partial charge on any atom is 0.338 e. The minimum absolute atomic E-state index is 0.000244. The van der Waals surface area contributed by atoms with Gasteiger partial charge in [-0.05, 0) is 38.1 Å². The summed E-state index contributed by atoms with van der Waals surface area (Å²) in [6.45, 7) is 3.49. The Hall–Kier alpha value is -3.46. The first kappa shape index (κ1) is 21.8. The summed E-state index contributed by atoms with van der Waals surface area (Å²) in [5.74, 6) is -2.14. The first-order chi connectivity index (χ1) is 13.8. The van der Waals surface area contributed by atoms with Gasteiger partial charge < -0.3 is 14.8 Å². The number of nitro groups is 1. The van der Waals surface area contributed by atoms with Crippen molar-refractivity contribution in [2.45, 2.75) is 13.8 Å². The average Bonchev–Trinajstić information content (AvgIpc) is 2.68. The van der Waals surface area contributed by atoms with Crippen LogP contribution in [0.25, 0.3) is 0 Å². The molecule has 1 amide bonds. The van der Waals surface area contributed by atoms with Crippen molar-refractivity contribution in [1.29, 1.82) is 0 Å². The van der Waals surface area contributed by atoms with Gasteiger partial charge in [-0.15, -0.1) is 0 Å². The van der Waals surface area contributed by atoms with Crippen molar-refractivity contribution < 1.29 is 28.8 Å². The summed E-state index contributed by atoms with van der Waals surface area (Å²) in [6.07, 6.45) is 0. The monoisotopic (exact) mass is 420 g/mol. The van der Waals surface area contributed by atoms with Gasteiger partial charge in [-0.3, -0.25) is 14.9 Å². The Labute approximate surface area is 170 Å². The standard InChI is InChI=1S/C19H17ClN2O7/c1-3-28-18(24)11-7-12(19(25)29-4-2)9-13(8-11)21-17(23)15-10-14(22(26)27)5-6-16(15)20/h5-10H,3-4H2,1-2H3,(H,21,23). The molecular weight excluding hydrogens is 404 g/mol. The van der Waals surface area contributed by atoms with Gasteiger partial charge in [0.05, 0.1) is 39.9 Å². The number of halogens is 1. The van der Waals surface area contributed by atoms with Crippen molar-refractivity contribution in [2.75, 3.05) is 18.5 Å². The molecule has 0 spiro atoms. The lowest BCUT2D eigenvalue weighted by Crippen LogP contribution is -2.15. The molecule has 1 N–H and O–H groups in total. The molecule has 0 atom stereocenters. The lowest BCUT2D eigenvalue weighted by atomic mass is 10.1. The number of esters is 2. The van der Waals surface area contributed by atoms with Crippen LogP contribution in [-0.4, -0.2) is 36.0 Å². The number of benzene rings is 2. The Kier molecular flexibility index (Phi) is 7.27. The van der Waals surface area contributed by atoms with E-state index in [0.717, 1.165) is 6.07 Å². The first-order valence-corrected chi connectivity index (χ1v) is 8.89. The van der Waals surface area contributed by atoms with Gasteiger partial charge in [0.25, 0.3) is 11.6 Å². The molecule has 2 aromatic carbocycles. The topological polar surface area (TPSA) is 125 Å². The number of nitro benzene ring substituents is 1. The van der Waals surface area contributed by atoms with Gasteiger partial charge >= 0.3 is 11.9 Å². The van der Waals surface area contributed by atoms with E-state index in [2.05, 4.69) is 5.32 Å². The number of hydrogen-bond acceptors (Lipinski definition) is 7. The van der Waals surface area contributed by atoms with Crippen LogP contribution in [-0.2, 0) is 9.47 Å². The molecule has 0 aromatic heterocycles. The third-order valence-electron chi connectivity index (χ3n) is 3.62. The van der Waals surface area contributed by atoms with E-state index in [4.69, 9.17) is 21.1 Å². The number of nitrogens with zero attached hydrogens (tertiary/aromatic N) is 1. The minimum atomic E-state index is -0.755. The SMILES string of the molecule is CCOC(=O)c1cc(NC(=O)c2cc([N+](=O)[O-])ccc2Cl)cc(C(=O)OCC)c1. The summed E-state index contributed by atoms with van der Waals surface area (Å²) in [7, 11) is 0. The maximum atomic E-state index is 12.6. The van der Waals surface area contributed by atoms with Crippen molar-refractivity contribution in [3.8, 4) is 0 Å². The summed E-state index contributed by atoms with van der Waals surface area (Å²) in [5.41, 5.74) is -0.311. The summed E-state index contributed by atoms with van der Waals surface area (Å²) in [6, 6.07) is 7.33. The Balaban J connectivity index is 2.41. The highest BCUT2D eigenvalue weighted by molar-refractivity contribution is 6.34. The second-order valence-corrected chi connectivity index (χ2v) is 6.02. The van der Waals surface area contributed by atoms with Crippen LogP contribution in [0.4, 0.5) is 11.4 Å². The number of rotatable bonds is 7. The fourth-order valence-corrected chi connectivity index (χ4v) is 2.57. The van der Waals surface area contributed by atoms with Crippen LogP contribution in [0.5, 0.6) is 0 Å². The molecule has 0 aliphatic carbocycles. The number of amides is 1. The number of carbonyl (C=O) groups is 3. The maximum absolute atomic E-state index is 12.6. The van der Waals surface area contributed by atoms with E-state index in [-0.39, 0.29) is 46.3 Å². The van der Waals surface area contributed by atoms with E-state index in [9.17, 15) is 24.5 Å². The molecule has 0 radical (unpaired) electrons. The van der Waals surface area contributed by atoms with Crippen molar-refractivity contribution in [2.24, 2.45) is 0 Å². The van der Waals surface area contributed by atoms with E-state index in [1.54, 1.807) is 13.8 Å². The molecule has 0 aliphatic rings. The van der Waals surface area contributed by atoms with Crippen molar-refractivity contribution >= 4 is 40.8 Å². The highest BCUT2D eigenvalue weighted by atomic mass is 35.5. The molecule has 0 heterocycles. The van der Waals surface area contributed by atoms with Crippen LogP contribution >= 0.6 is 11.6 Å². The van der Waals surface area contributed by atoms with Gasteiger partial charge in [-0.25, -0.2) is 9.59 Å². The van der Waals surface area contributed by atoms with E-state index in [1.807, 2.05) is 0 Å². The lowest BCUT2D eigenvalue weighted by molar-refractivity contribution is -0.384. The fourth-order valence-electron chi connectivity index (χ4n) is 2.36. The zero-order valence-corrected chi connectivity index (χ0v) is 16.3. The zero-order valence-electron chi connectivity index (χ0n) is 15.6. The third-order valence-corrected chi connectivity index (χ3v) is 3.95. The normalized spacial score (nSPS) is 10.2. The summed E-state index contributed by atoms with van der Waals surface area (Å²) in [4.78, 5) is 47.0. The molecule has 0 unspecified atom stereocenters. The van der Waals surface area contributed by atoms with Crippen LogP contribution < -0.4 is 5.32 Å². The summed E-state index contributed by atoms with van der Waals surface area (Å²) < 4.78 is 9.86. The molecule has 0 fully saturated rings. The van der Waals surface area contributed by atoms with Crippen LogP contribution in [0.2, 0.25) is 5.02 Å². The Morgan fingerprint density at radius 2 is 1.55 bits per heavy atom. The van der Waals surface area contributed by atoms with Crippen LogP contribution in [0.3, 0.4) is 0 Å². The van der Waals surface area contributed by atoms with Gasteiger partial charge in [0.15, 0.2) is 0 Å². The van der Waals surface area contributed by atoms with Gasteiger partial charge in [-0.1, -0.05) is 11.6 Å². The molecule has 0 saturated heterocycles. The van der Waals surface area contributed by atoms with Gasteiger partial charge in [-0.2, -0.15) is 0 Å². The molecule has 10 heteroatoms. The molecule has 0 aliphatic heterocycles. The smallest absolute Gasteiger partial charge is 0.338 e. The number of hydrogen-bond donors (Lipinski definition) is 1. The summed E-state index contributed by atoms with van der Waals surface area (Å²) >= 11 is 5.98. The average molecular weight is 421 g/mol. The largest absolute Gasteiger partial charge is 0.462 e. The Morgan fingerprint density at radius 3 is 2.03 bits per heavy atom. The fraction of sp³-hybridized carbons (Fsp3) is 0.211. The van der Waals surface area contributed by atoms with E-state index < -0.39 is 22.8 Å². The molecule has 152 valence electrons. The minimum Gasteiger partial charge on any atom is -0.462 e. The molecule has 0 bridgehead atoms.